The maximum atomic E-state index is 12.2. The molecule has 0 unspecified atom stereocenters. The number of imide groups is 1. The molecule has 1 saturated heterocycles. The number of carboxylic acids is 1. The number of aliphatic carboxylic acids is 1. The van der Waals surface area contributed by atoms with Crippen LogP contribution < -0.4 is 14.8 Å². The van der Waals surface area contributed by atoms with E-state index in [9.17, 15) is 14.4 Å². The number of carbonyl (C=O) groups is 3. The number of hydrogen-bond acceptors (Lipinski definition) is 5. The summed E-state index contributed by atoms with van der Waals surface area (Å²) in [4.78, 5) is 35.4. The predicted molar refractivity (Wildman–Crippen MR) is 105 cm³/mol. The van der Waals surface area contributed by atoms with Gasteiger partial charge >= 0.3 is 12.0 Å². The van der Waals surface area contributed by atoms with E-state index in [0.29, 0.717) is 22.0 Å². The second-order valence-electron chi connectivity index (χ2n) is 6.08. The van der Waals surface area contributed by atoms with E-state index in [-0.39, 0.29) is 17.3 Å². The molecule has 3 rings (SSSR count). The van der Waals surface area contributed by atoms with Gasteiger partial charge in [0.25, 0.3) is 5.91 Å². The van der Waals surface area contributed by atoms with Crippen LogP contribution >= 0.6 is 11.6 Å². The molecule has 1 aliphatic heterocycles. The summed E-state index contributed by atoms with van der Waals surface area (Å²) in [7, 11) is 1.45. The molecule has 0 atom stereocenters. The Hall–Kier alpha value is -3.52. The highest BCUT2D eigenvalue weighted by molar-refractivity contribution is 6.32. The van der Waals surface area contributed by atoms with E-state index in [4.69, 9.17) is 26.2 Å². The molecule has 0 radical (unpaired) electrons. The highest BCUT2D eigenvalue weighted by atomic mass is 35.5. The second kappa shape index (κ2) is 8.66. The van der Waals surface area contributed by atoms with Crippen LogP contribution in [-0.4, -0.2) is 41.6 Å². The quantitative estimate of drug-likeness (QED) is 0.531. The third kappa shape index (κ3) is 4.67. The number of benzene rings is 2. The topological polar surface area (TPSA) is 105 Å². The molecule has 0 saturated carbocycles. The van der Waals surface area contributed by atoms with Crippen molar-refractivity contribution in [2.45, 2.75) is 6.61 Å². The van der Waals surface area contributed by atoms with Gasteiger partial charge in [-0.25, -0.2) is 9.69 Å². The molecule has 3 amide bonds. The van der Waals surface area contributed by atoms with Gasteiger partial charge in [-0.1, -0.05) is 41.9 Å². The number of nitrogens with one attached hydrogen (secondary N) is 1. The van der Waals surface area contributed by atoms with Gasteiger partial charge in [-0.3, -0.25) is 9.59 Å². The van der Waals surface area contributed by atoms with Crippen molar-refractivity contribution in [2.75, 3.05) is 13.7 Å². The van der Waals surface area contributed by atoms with E-state index in [0.717, 1.165) is 5.56 Å². The lowest BCUT2D eigenvalue weighted by Crippen LogP contribution is -2.35. The second-order valence-corrected chi connectivity index (χ2v) is 6.49. The van der Waals surface area contributed by atoms with Crippen molar-refractivity contribution in [3.63, 3.8) is 0 Å². The van der Waals surface area contributed by atoms with E-state index in [2.05, 4.69) is 5.32 Å². The Balaban J connectivity index is 1.83. The van der Waals surface area contributed by atoms with E-state index in [1.165, 1.54) is 13.2 Å². The zero-order valence-electron chi connectivity index (χ0n) is 15.3. The van der Waals surface area contributed by atoms with E-state index >= 15 is 0 Å². The SMILES string of the molecule is COc1cc(/C=C2/NC(=O)N(CC(=O)O)C2=O)cc(Cl)c1OCc1ccccc1. The van der Waals surface area contributed by atoms with Crippen LogP contribution in [0, 0.1) is 0 Å². The van der Waals surface area contributed by atoms with Crippen LogP contribution in [0.2, 0.25) is 5.02 Å². The number of hydrogen-bond donors (Lipinski definition) is 2. The fourth-order valence-corrected chi connectivity index (χ4v) is 2.98. The van der Waals surface area contributed by atoms with Gasteiger partial charge in [0.15, 0.2) is 11.5 Å². The largest absolute Gasteiger partial charge is 0.493 e. The summed E-state index contributed by atoms with van der Waals surface area (Å²) in [5.74, 6) is -1.34. The van der Waals surface area contributed by atoms with Crippen molar-refractivity contribution in [1.29, 1.82) is 0 Å². The molecule has 1 aliphatic rings. The smallest absolute Gasteiger partial charge is 0.329 e. The van der Waals surface area contributed by atoms with E-state index in [1.54, 1.807) is 12.1 Å². The fourth-order valence-electron chi connectivity index (χ4n) is 2.71. The van der Waals surface area contributed by atoms with Crippen LogP contribution in [0.4, 0.5) is 4.79 Å². The Kier molecular flexibility index (Phi) is 6.04. The first-order valence-electron chi connectivity index (χ1n) is 8.49. The summed E-state index contributed by atoms with van der Waals surface area (Å²) >= 11 is 6.33. The number of methoxy groups -OCH3 is 1. The van der Waals surface area contributed by atoms with Crippen LogP contribution in [0.25, 0.3) is 6.08 Å². The molecule has 0 bridgehead atoms. The first kappa shape index (κ1) is 20.2. The Bertz CT molecular complexity index is 990. The van der Waals surface area contributed by atoms with Crippen molar-refractivity contribution < 1.29 is 29.0 Å². The minimum Gasteiger partial charge on any atom is -0.493 e. The molecule has 2 aromatic rings. The molecule has 150 valence electrons. The Morgan fingerprint density at radius 2 is 1.97 bits per heavy atom. The van der Waals surface area contributed by atoms with Gasteiger partial charge in [0, 0.05) is 0 Å². The summed E-state index contributed by atoms with van der Waals surface area (Å²) < 4.78 is 11.1. The first-order chi connectivity index (χ1) is 13.9. The number of carbonyl (C=O) groups excluding carboxylic acids is 2. The molecule has 1 heterocycles. The Morgan fingerprint density at radius 1 is 1.24 bits per heavy atom. The maximum Gasteiger partial charge on any atom is 0.329 e. The molecule has 1 fully saturated rings. The van der Waals surface area contributed by atoms with Gasteiger partial charge in [-0.05, 0) is 29.3 Å². The van der Waals surface area contributed by atoms with Gasteiger partial charge in [0.05, 0.1) is 12.1 Å². The van der Waals surface area contributed by atoms with Crippen molar-refractivity contribution in [3.05, 3.63) is 64.3 Å². The molecular formula is C20H17ClN2O6. The third-order valence-electron chi connectivity index (χ3n) is 4.04. The van der Waals surface area contributed by atoms with Crippen LogP contribution in [-0.2, 0) is 16.2 Å². The lowest BCUT2D eigenvalue weighted by atomic mass is 10.1. The van der Waals surface area contributed by atoms with Crippen molar-refractivity contribution in [3.8, 4) is 11.5 Å². The van der Waals surface area contributed by atoms with Crippen molar-refractivity contribution >= 4 is 35.6 Å². The molecule has 0 aliphatic carbocycles. The molecular weight excluding hydrogens is 400 g/mol. The van der Waals surface area contributed by atoms with Gasteiger partial charge in [-0.2, -0.15) is 0 Å². The van der Waals surface area contributed by atoms with Gasteiger partial charge in [-0.15, -0.1) is 0 Å². The Morgan fingerprint density at radius 3 is 2.62 bits per heavy atom. The number of halogens is 1. The zero-order chi connectivity index (χ0) is 21.0. The molecule has 29 heavy (non-hydrogen) atoms. The third-order valence-corrected chi connectivity index (χ3v) is 4.33. The molecule has 8 nitrogen and oxygen atoms in total. The molecule has 9 heteroatoms. The minimum absolute atomic E-state index is 0.0627. The monoisotopic (exact) mass is 416 g/mol. The number of rotatable bonds is 7. The summed E-state index contributed by atoms with van der Waals surface area (Å²) in [6.07, 6.45) is 1.39. The minimum atomic E-state index is -1.29. The lowest BCUT2D eigenvalue weighted by Gasteiger charge is -2.13. The number of urea groups is 1. The molecule has 2 aromatic carbocycles. The highest BCUT2D eigenvalue weighted by Gasteiger charge is 2.34. The summed E-state index contributed by atoms with van der Waals surface area (Å²) in [5.41, 5.74) is 1.36. The lowest BCUT2D eigenvalue weighted by molar-refractivity contribution is -0.140. The molecule has 0 spiro atoms. The average Bonchev–Trinajstić information content (AvgIpc) is 2.94. The summed E-state index contributed by atoms with van der Waals surface area (Å²) in [6, 6.07) is 11.9. The fraction of sp³-hybridized carbons (Fsp3) is 0.150. The summed E-state index contributed by atoms with van der Waals surface area (Å²) in [5, 5.41) is 11.4. The Labute approximate surface area is 171 Å². The zero-order valence-corrected chi connectivity index (χ0v) is 16.1. The normalized spacial score (nSPS) is 14.8. The van der Waals surface area contributed by atoms with E-state index in [1.807, 2.05) is 30.3 Å². The molecule has 2 N–H and O–H groups in total. The van der Waals surface area contributed by atoms with Crippen LogP contribution in [0.1, 0.15) is 11.1 Å². The van der Waals surface area contributed by atoms with Crippen LogP contribution in [0.5, 0.6) is 11.5 Å². The van der Waals surface area contributed by atoms with Crippen LogP contribution in [0.15, 0.2) is 48.2 Å². The maximum absolute atomic E-state index is 12.2. The van der Waals surface area contributed by atoms with E-state index < -0.39 is 24.5 Å². The number of amides is 3. The standard InChI is InChI=1S/C20H17ClN2O6/c1-28-16-9-13(8-15-19(26)23(10-17(24)25)20(27)22-15)7-14(21)18(16)29-11-12-5-3-2-4-6-12/h2-9H,10-11H2,1H3,(H,22,27)(H,24,25)/b15-8+. The van der Waals surface area contributed by atoms with Crippen LogP contribution in [0.3, 0.4) is 0 Å². The average molecular weight is 417 g/mol. The van der Waals surface area contributed by atoms with Crippen molar-refractivity contribution in [2.24, 2.45) is 0 Å². The van der Waals surface area contributed by atoms with Gasteiger partial charge in [0.1, 0.15) is 18.8 Å². The molecule has 0 aromatic heterocycles. The number of ether oxygens (including phenoxy) is 2. The summed E-state index contributed by atoms with van der Waals surface area (Å²) in [6.45, 7) is -0.436. The van der Waals surface area contributed by atoms with Crippen molar-refractivity contribution in [1.82, 2.24) is 10.2 Å². The predicted octanol–water partition coefficient (Wildman–Crippen LogP) is 2.90. The number of nitrogens with zero attached hydrogens (tertiary/aromatic N) is 1. The highest BCUT2D eigenvalue weighted by Crippen LogP contribution is 2.37. The number of carboxylic acid groups (broad SMARTS) is 1. The first-order valence-corrected chi connectivity index (χ1v) is 8.87. The van der Waals surface area contributed by atoms with Gasteiger partial charge < -0.3 is 19.9 Å². The van der Waals surface area contributed by atoms with Gasteiger partial charge in [0.2, 0.25) is 0 Å².